The molecule has 1 aromatic carbocycles. The first-order valence-corrected chi connectivity index (χ1v) is 10.5. The van der Waals surface area contributed by atoms with Crippen LogP contribution < -0.4 is 0 Å². The van der Waals surface area contributed by atoms with Gasteiger partial charge in [0.1, 0.15) is 0 Å². The maximum absolute atomic E-state index is 13.2. The van der Waals surface area contributed by atoms with Crippen molar-refractivity contribution in [2.75, 3.05) is 12.5 Å². The highest BCUT2D eigenvalue weighted by atomic mass is 32.2. The SMILES string of the molecule is Cc1c(-c2ccc(S(C)(=O)=O)cc2)nc(S(C)(=O)=O)nc1C(F)(F)F. The summed E-state index contributed by atoms with van der Waals surface area (Å²) in [4.78, 5) is 6.84. The van der Waals surface area contributed by atoms with Gasteiger partial charge in [0.15, 0.2) is 15.5 Å². The molecule has 1 aromatic heterocycles. The Balaban J connectivity index is 2.76. The molecule has 11 heteroatoms. The summed E-state index contributed by atoms with van der Waals surface area (Å²) in [6.45, 7) is 1.12. The molecule has 0 bridgehead atoms. The highest BCUT2D eigenvalue weighted by molar-refractivity contribution is 7.90. The second-order valence-corrected chi connectivity index (χ2v) is 9.32. The summed E-state index contributed by atoms with van der Waals surface area (Å²) in [5.74, 6) is 0. The van der Waals surface area contributed by atoms with Crippen LogP contribution in [0.5, 0.6) is 0 Å². The molecule has 0 aliphatic carbocycles. The fourth-order valence-corrected chi connectivity index (χ4v) is 3.22. The zero-order chi connectivity index (χ0) is 19.2. The number of hydrogen-bond donors (Lipinski definition) is 0. The van der Waals surface area contributed by atoms with E-state index in [2.05, 4.69) is 9.97 Å². The van der Waals surface area contributed by atoms with Crippen molar-refractivity contribution in [2.45, 2.75) is 23.2 Å². The van der Waals surface area contributed by atoms with Gasteiger partial charge in [-0.15, -0.1) is 0 Å². The number of nitrogens with zero attached hydrogens (tertiary/aromatic N) is 2. The lowest BCUT2D eigenvalue weighted by Gasteiger charge is -2.14. The number of benzene rings is 1. The Labute approximate surface area is 142 Å². The van der Waals surface area contributed by atoms with Crippen LogP contribution in [0, 0.1) is 6.92 Å². The van der Waals surface area contributed by atoms with E-state index in [9.17, 15) is 30.0 Å². The zero-order valence-electron chi connectivity index (χ0n) is 13.3. The molecule has 0 aliphatic heterocycles. The number of rotatable bonds is 3. The third-order valence-corrected chi connectivity index (χ3v) is 5.26. The summed E-state index contributed by atoms with van der Waals surface area (Å²) >= 11 is 0. The van der Waals surface area contributed by atoms with Crippen molar-refractivity contribution in [1.29, 1.82) is 0 Å². The first-order chi connectivity index (χ1) is 11.2. The molecule has 6 nitrogen and oxygen atoms in total. The Morgan fingerprint density at radius 3 is 1.80 bits per heavy atom. The topological polar surface area (TPSA) is 94.1 Å². The monoisotopic (exact) mass is 394 g/mol. The van der Waals surface area contributed by atoms with Crippen LogP contribution in [0.15, 0.2) is 34.3 Å². The molecule has 136 valence electrons. The number of hydrogen-bond acceptors (Lipinski definition) is 6. The van der Waals surface area contributed by atoms with Crippen LogP contribution in [0.4, 0.5) is 13.2 Å². The molecule has 0 saturated heterocycles. The zero-order valence-corrected chi connectivity index (χ0v) is 14.9. The molecule has 2 rings (SSSR count). The van der Waals surface area contributed by atoms with Crippen molar-refractivity contribution in [3.63, 3.8) is 0 Å². The summed E-state index contributed by atoms with van der Waals surface area (Å²) in [6, 6.07) is 4.94. The highest BCUT2D eigenvalue weighted by Gasteiger charge is 2.37. The van der Waals surface area contributed by atoms with Gasteiger partial charge >= 0.3 is 6.18 Å². The molecule has 2 aromatic rings. The first kappa shape index (κ1) is 19.3. The van der Waals surface area contributed by atoms with E-state index in [4.69, 9.17) is 0 Å². The lowest BCUT2D eigenvalue weighted by Crippen LogP contribution is -2.16. The second kappa shape index (κ2) is 6.06. The normalized spacial score (nSPS) is 13.0. The molecule has 0 radical (unpaired) electrons. The predicted molar refractivity (Wildman–Crippen MR) is 83.4 cm³/mol. The van der Waals surface area contributed by atoms with Gasteiger partial charge in [-0.2, -0.15) is 13.2 Å². The second-order valence-electron chi connectivity index (χ2n) is 5.39. The van der Waals surface area contributed by atoms with E-state index in [0.717, 1.165) is 13.2 Å². The van der Waals surface area contributed by atoms with E-state index in [1.807, 2.05) is 0 Å². The molecular weight excluding hydrogens is 381 g/mol. The van der Waals surface area contributed by atoms with Crippen LogP contribution in [0.2, 0.25) is 0 Å². The van der Waals surface area contributed by atoms with E-state index < -0.39 is 36.7 Å². The lowest BCUT2D eigenvalue weighted by molar-refractivity contribution is -0.142. The average Bonchev–Trinajstić information content (AvgIpc) is 2.44. The molecule has 0 fully saturated rings. The van der Waals surface area contributed by atoms with Crippen LogP contribution in [-0.2, 0) is 25.9 Å². The summed E-state index contributed by atoms with van der Waals surface area (Å²) < 4.78 is 85.7. The number of aromatic nitrogens is 2. The van der Waals surface area contributed by atoms with Crippen LogP contribution in [0.25, 0.3) is 11.3 Å². The molecule has 0 aliphatic rings. The van der Waals surface area contributed by atoms with Gasteiger partial charge < -0.3 is 0 Å². The van der Waals surface area contributed by atoms with Crippen molar-refractivity contribution in [2.24, 2.45) is 0 Å². The largest absolute Gasteiger partial charge is 0.433 e. The molecule has 0 spiro atoms. The standard InChI is InChI=1S/C14H13F3N2O4S2/c1-8-11(9-4-6-10(7-5-9)24(2,20)21)18-13(25(3,22)23)19-12(8)14(15,16)17/h4-7H,1-3H3. The lowest BCUT2D eigenvalue weighted by atomic mass is 10.1. The van der Waals surface area contributed by atoms with Crippen LogP contribution in [0.3, 0.4) is 0 Å². The summed E-state index contributed by atoms with van der Waals surface area (Å²) in [5, 5.41) is -0.951. The Bertz CT molecular complexity index is 1030. The summed E-state index contributed by atoms with van der Waals surface area (Å²) in [7, 11) is -7.57. The Morgan fingerprint density at radius 2 is 1.40 bits per heavy atom. The fourth-order valence-electron chi connectivity index (χ4n) is 2.08. The van der Waals surface area contributed by atoms with Crippen molar-refractivity contribution in [3.8, 4) is 11.3 Å². The third kappa shape index (κ3) is 4.15. The van der Waals surface area contributed by atoms with Crippen LogP contribution in [-0.4, -0.2) is 39.3 Å². The summed E-state index contributed by atoms with van der Waals surface area (Å²) in [6.07, 6.45) is -3.18. The minimum Gasteiger partial charge on any atom is -0.224 e. The first-order valence-electron chi connectivity index (χ1n) is 6.67. The van der Waals surface area contributed by atoms with Gasteiger partial charge in [0.2, 0.25) is 15.0 Å². The molecule has 0 amide bonds. The van der Waals surface area contributed by atoms with Crippen molar-refractivity contribution in [1.82, 2.24) is 9.97 Å². The average molecular weight is 394 g/mol. The molecule has 0 N–H and O–H groups in total. The minimum absolute atomic E-state index is 0.0256. The Hall–Kier alpha value is -2.01. The molecule has 0 saturated carbocycles. The van der Waals surface area contributed by atoms with Gasteiger partial charge in [0, 0.05) is 23.6 Å². The molecule has 1 heterocycles. The third-order valence-electron chi connectivity index (χ3n) is 3.28. The van der Waals surface area contributed by atoms with E-state index >= 15 is 0 Å². The van der Waals surface area contributed by atoms with Gasteiger partial charge in [-0.25, -0.2) is 26.8 Å². The van der Waals surface area contributed by atoms with Crippen molar-refractivity contribution in [3.05, 3.63) is 35.5 Å². The van der Waals surface area contributed by atoms with E-state index in [0.29, 0.717) is 6.26 Å². The maximum atomic E-state index is 13.2. The quantitative estimate of drug-likeness (QED) is 0.742. The fraction of sp³-hybridized carbons (Fsp3) is 0.286. The smallest absolute Gasteiger partial charge is 0.224 e. The maximum Gasteiger partial charge on any atom is 0.433 e. The van der Waals surface area contributed by atoms with Gasteiger partial charge in [0.25, 0.3) is 0 Å². The van der Waals surface area contributed by atoms with Gasteiger partial charge in [-0.05, 0) is 19.1 Å². The molecular formula is C14H13F3N2O4S2. The van der Waals surface area contributed by atoms with Crippen molar-refractivity contribution >= 4 is 19.7 Å². The Morgan fingerprint density at radius 1 is 0.880 bits per heavy atom. The van der Waals surface area contributed by atoms with Crippen LogP contribution >= 0.6 is 0 Å². The van der Waals surface area contributed by atoms with Crippen LogP contribution in [0.1, 0.15) is 11.3 Å². The van der Waals surface area contributed by atoms with E-state index in [1.165, 1.54) is 24.3 Å². The Kier molecular flexibility index (Phi) is 4.68. The number of halogens is 3. The predicted octanol–water partition coefficient (Wildman–Crippen LogP) is 2.28. The van der Waals surface area contributed by atoms with Gasteiger partial charge in [-0.1, -0.05) is 12.1 Å². The molecule has 0 unspecified atom stereocenters. The number of alkyl halides is 3. The number of sulfone groups is 2. The van der Waals surface area contributed by atoms with E-state index in [1.54, 1.807) is 0 Å². The highest BCUT2D eigenvalue weighted by Crippen LogP contribution is 2.35. The van der Waals surface area contributed by atoms with Gasteiger partial charge in [0.05, 0.1) is 10.6 Å². The molecule has 25 heavy (non-hydrogen) atoms. The summed E-state index contributed by atoms with van der Waals surface area (Å²) in [5.41, 5.74) is -1.80. The van der Waals surface area contributed by atoms with E-state index in [-0.39, 0.29) is 21.7 Å². The van der Waals surface area contributed by atoms with Crippen molar-refractivity contribution < 1.29 is 30.0 Å². The molecule has 0 atom stereocenters. The minimum atomic E-state index is -4.87. The van der Waals surface area contributed by atoms with Gasteiger partial charge in [-0.3, -0.25) is 0 Å².